The van der Waals surface area contributed by atoms with Crippen LogP contribution in [0.4, 0.5) is 0 Å². The van der Waals surface area contributed by atoms with Crippen molar-refractivity contribution in [3.8, 4) is 0 Å². The predicted octanol–water partition coefficient (Wildman–Crippen LogP) is 7.47. The van der Waals surface area contributed by atoms with Crippen molar-refractivity contribution < 1.29 is 4.79 Å². The number of carbonyl (C=O) groups excluding carboxylic acids is 1. The van der Waals surface area contributed by atoms with Crippen LogP contribution in [0, 0.1) is 23.7 Å². The number of alkyl halides is 2. The molecule has 0 N–H and O–H groups in total. The van der Waals surface area contributed by atoms with Crippen molar-refractivity contribution in [3.05, 3.63) is 48.6 Å². The minimum atomic E-state index is -0.615. The molecule has 0 amide bonds. The highest BCUT2D eigenvalue weighted by molar-refractivity contribution is 9.11. The van der Waals surface area contributed by atoms with E-state index in [2.05, 4.69) is 80.5 Å². The highest BCUT2D eigenvalue weighted by Gasteiger charge is 2.55. The van der Waals surface area contributed by atoms with E-state index in [1.165, 1.54) is 64.2 Å². The van der Waals surface area contributed by atoms with E-state index in [-0.39, 0.29) is 17.6 Å². The molecule has 1 nitrogen and oxygen atoms in total. The van der Waals surface area contributed by atoms with Crippen LogP contribution in [-0.4, -0.2) is 14.4 Å². The Morgan fingerprint density at radius 1 is 0.643 bits per heavy atom. The summed E-state index contributed by atoms with van der Waals surface area (Å²) in [5.41, 5.74) is 0. The van der Waals surface area contributed by atoms with E-state index in [4.69, 9.17) is 0 Å². The number of halogens is 2. The molecule has 0 bridgehead atoms. The molecule has 3 heteroatoms. The number of allylic oxidation sites excluding steroid dienone is 8. The maximum atomic E-state index is 14.2. The Balaban J connectivity index is 1.64. The maximum absolute atomic E-state index is 14.2. The smallest absolute Gasteiger partial charge is 0.175 e. The van der Waals surface area contributed by atoms with Gasteiger partial charge in [-0.25, -0.2) is 0 Å². The summed E-state index contributed by atoms with van der Waals surface area (Å²) in [4.78, 5) is 14.2. The van der Waals surface area contributed by atoms with E-state index in [9.17, 15) is 4.79 Å². The zero-order valence-corrected chi connectivity index (χ0v) is 19.8. The highest BCUT2D eigenvalue weighted by Crippen LogP contribution is 2.52. The lowest BCUT2D eigenvalue weighted by molar-refractivity contribution is -0.123. The SMILES string of the molecule is O=C(C1(Br)C=CC=CC1C1CCCCC1)C1(Br)C=CC=CC1C1CCCCC1. The van der Waals surface area contributed by atoms with Gasteiger partial charge in [0.25, 0.3) is 0 Å². The van der Waals surface area contributed by atoms with Gasteiger partial charge in [-0.3, -0.25) is 4.79 Å². The first-order chi connectivity index (χ1) is 13.6. The van der Waals surface area contributed by atoms with Crippen LogP contribution in [0.1, 0.15) is 64.2 Å². The van der Waals surface area contributed by atoms with E-state index in [0.717, 1.165) is 0 Å². The summed E-state index contributed by atoms with van der Waals surface area (Å²) in [5.74, 6) is 1.95. The Kier molecular flexibility index (Phi) is 6.52. The molecular formula is C25H32Br2O. The minimum Gasteiger partial charge on any atom is -0.296 e. The molecule has 0 spiro atoms. The van der Waals surface area contributed by atoms with Crippen LogP contribution in [-0.2, 0) is 4.79 Å². The molecule has 4 unspecified atom stereocenters. The molecule has 4 aliphatic rings. The lowest BCUT2D eigenvalue weighted by Crippen LogP contribution is -2.54. The second kappa shape index (κ2) is 8.76. The third kappa shape index (κ3) is 3.83. The van der Waals surface area contributed by atoms with Crippen LogP contribution >= 0.6 is 31.9 Å². The molecule has 4 aliphatic carbocycles. The number of hydrogen-bond donors (Lipinski definition) is 0. The van der Waals surface area contributed by atoms with Crippen LogP contribution in [0.2, 0.25) is 0 Å². The summed E-state index contributed by atoms with van der Waals surface area (Å²) < 4.78 is -1.23. The number of ketones is 1. The zero-order valence-electron chi connectivity index (χ0n) is 16.7. The first kappa shape index (κ1) is 20.8. The summed E-state index contributed by atoms with van der Waals surface area (Å²) in [6.07, 6.45) is 30.0. The van der Waals surface area contributed by atoms with Gasteiger partial charge in [0.1, 0.15) is 8.65 Å². The first-order valence-corrected chi connectivity index (χ1v) is 12.8. The third-order valence-corrected chi connectivity index (χ3v) is 9.82. The van der Waals surface area contributed by atoms with Gasteiger partial charge in [0.2, 0.25) is 0 Å². The predicted molar refractivity (Wildman–Crippen MR) is 125 cm³/mol. The van der Waals surface area contributed by atoms with Gasteiger partial charge >= 0.3 is 0 Å². The van der Waals surface area contributed by atoms with Crippen molar-refractivity contribution in [2.24, 2.45) is 23.7 Å². The van der Waals surface area contributed by atoms with E-state index < -0.39 is 8.65 Å². The quantitative estimate of drug-likeness (QED) is 0.360. The summed E-state index contributed by atoms with van der Waals surface area (Å²) in [6.45, 7) is 0. The average Bonchev–Trinajstić information content (AvgIpc) is 2.75. The molecule has 2 saturated carbocycles. The molecule has 4 rings (SSSR count). The zero-order chi connectivity index (χ0) is 19.6. The van der Waals surface area contributed by atoms with Crippen molar-refractivity contribution in [1.29, 1.82) is 0 Å². The highest BCUT2D eigenvalue weighted by atomic mass is 79.9. The number of hydrogen-bond acceptors (Lipinski definition) is 1. The van der Waals surface area contributed by atoms with Crippen molar-refractivity contribution in [2.75, 3.05) is 0 Å². The maximum Gasteiger partial charge on any atom is 0.175 e. The molecule has 0 saturated heterocycles. The van der Waals surface area contributed by atoms with Gasteiger partial charge in [-0.2, -0.15) is 0 Å². The summed E-state index contributed by atoms with van der Waals surface area (Å²) in [5, 5.41) is 0. The second-order valence-electron chi connectivity index (χ2n) is 9.20. The third-order valence-electron chi connectivity index (χ3n) is 7.52. The topological polar surface area (TPSA) is 17.1 Å². The van der Waals surface area contributed by atoms with Gasteiger partial charge in [0, 0.05) is 11.8 Å². The normalized spacial score (nSPS) is 39.4. The fourth-order valence-electron chi connectivity index (χ4n) is 6.00. The van der Waals surface area contributed by atoms with Crippen LogP contribution < -0.4 is 0 Å². The van der Waals surface area contributed by atoms with E-state index in [0.29, 0.717) is 11.8 Å². The van der Waals surface area contributed by atoms with Crippen molar-refractivity contribution in [2.45, 2.75) is 72.9 Å². The fraction of sp³-hybridized carbons (Fsp3) is 0.640. The number of carbonyl (C=O) groups is 1. The van der Waals surface area contributed by atoms with Crippen LogP contribution in [0.15, 0.2) is 48.6 Å². The van der Waals surface area contributed by atoms with E-state index in [1.807, 2.05) is 0 Å². The lowest BCUT2D eigenvalue weighted by atomic mass is 9.65. The largest absolute Gasteiger partial charge is 0.296 e. The van der Waals surface area contributed by atoms with Crippen LogP contribution in [0.25, 0.3) is 0 Å². The number of Topliss-reactive ketones (excluding diaryl/α,β-unsaturated/α-hetero) is 1. The van der Waals surface area contributed by atoms with Gasteiger partial charge in [0.15, 0.2) is 5.78 Å². The van der Waals surface area contributed by atoms with Crippen LogP contribution in [0.5, 0.6) is 0 Å². The van der Waals surface area contributed by atoms with E-state index in [1.54, 1.807) is 0 Å². The Morgan fingerprint density at radius 3 is 1.43 bits per heavy atom. The summed E-state index contributed by atoms with van der Waals surface area (Å²) in [6, 6.07) is 0. The summed E-state index contributed by atoms with van der Waals surface area (Å²) in [7, 11) is 0. The lowest BCUT2D eigenvalue weighted by Gasteiger charge is -2.46. The molecule has 0 radical (unpaired) electrons. The monoisotopic (exact) mass is 506 g/mol. The molecule has 0 aromatic carbocycles. The average molecular weight is 508 g/mol. The van der Waals surface area contributed by atoms with Gasteiger partial charge in [-0.15, -0.1) is 0 Å². The molecule has 0 aromatic rings. The molecule has 4 atom stereocenters. The van der Waals surface area contributed by atoms with Crippen molar-refractivity contribution >= 4 is 37.6 Å². The van der Waals surface area contributed by atoms with Crippen molar-refractivity contribution in [3.63, 3.8) is 0 Å². The second-order valence-corrected chi connectivity index (χ2v) is 11.8. The number of rotatable bonds is 4. The first-order valence-electron chi connectivity index (χ1n) is 11.2. The molecule has 2 fully saturated rings. The molecule has 0 aromatic heterocycles. The summed E-state index contributed by atoms with van der Waals surface area (Å²) >= 11 is 8.02. The van der Waals surface area contributed by atoms with Gasteiger partial charge < -0.3 is 0 Å². The molecule has 0 aliphatic heterocycles. The van der Waals surface area contributed by atoms with Gasteiger partial charge in [-0.05, 0) is 37.5 Å². The Labute approximate surface area is 187 Å². The standard InChI is InChI=1S/C25H32Br2O/c26-24(17-9-7-15-21(24)19-11-3-1-4-12-19)23(28)25(27)18-10-8-16-22(25)20-13-5-2-6-14-20/h7-10,15-22H,1-6,11-14H2. The van der Waals surface area contributed by atoms with Gasteiger partial charge in [0.05, 0.1) is 0 Å². The molecule has 0 heterocycles. The molecule has 152 valence electrons. The molecular weight excluding hydrogens is 476 g/mol. The Bertz CT molecular complexity index is 635. The fourth-order valence-corrected chi connectivity index (χ4v) is 8.28. The minimum absolute atomic E-state index is 0.242. The van der Waals surface area contributed by atoms with Crippen molar-refractivity contribution in [1.82, 2.24) is 0 Å². The Morgan fingerprint density at radius 2 is 1.04 bits per heavy atom. The van der Waals surface area contributed by atoms with Gasteiger partial charge in [-0.1, -0.05) is 119 Å². The van der Waals surface area contributed by atoms with E-state index >= 15 is 0 Å². The molecule has 28 heavy (non-hydrogen) atoms. The van der Waals surface area contributed by atoms with Crippen LogP contribution in [0.3, 0.4) is 0 Å². The Hall–Kier alpha value is -0.410.